The molecule has 0 radical (unpaired) electrons. The Balaban J connectivity index is 0.000000182. The first-order valence-corrected chi connectivity index (χ1v) is 19.0. The minimum atomic E-state index is -4.45. The molecule has 300 valence electrons. The van der Waals surface area contributed by atoms with Crippen LogP contribution < -0.4 is 15.4 Å². The fraction of sp³-hybridized carbons (Fsp3) is 0.125. The number of carbonyl (C=O) groups is 2. The fourth-order valence-corrected chi connectivity index (χ4v) is 6.63. The lowest BCUT2D eigenvalue weighted by atomic mass is 9.98. The molecule has 0 saturated heterocycles. The number of fused-ring (bicyclic) bond motifs is 2. The highest BCUT2D eigenvalue weighted by molar-refractivity contribution is 5.99. The molecule has 0 bridgehead atoms. The Morgan fingerprint density at radius 2 is 1.12 bits per heavy atom. The maximum absolute atomic E-state index is 13.4. The van der Waals surface area contributed by atoms with Crippen molar-refractivity contribution < 1.29 is 27.5 Å². The van der Waals surface area contributed by atoms with Crippen LogP contribution in [0, 0.1) is 13.8 Å². The number of carbonyl (C=O) groups excluding carboxylic acids is 2. The van der Waals surface area contributed by atoms with Crippen molar-refractivity contribution in [2.75, 3.05) is 7.11 Å². The van der Waals surface area contributed by atoms with Crippen molar-refractivity contribution in [1.29, 1.82) is 0 Å². The number of ether oxygens (including phenoxy) is 1. The van der Waals surface area contributed by atoms with Crippen LogP contribution in [0.15, 0.2) is 146 Å². The molecule has 0 saturated carbocycles. The summed E-state index contributed by atoms with van der Waals surface area (Å²) in [6.45, 7) is 4.18. The van der Waals surface area contributed by atoms with Gasteiger partial charge in [-0.15, -0.1) is 0 Å². The Kier molecular flexibility index (Phi) is 12.2. The van der Waals surface area contributed by atoms with Gasteiger partial charge in [-0.05, 0) is 108 Å². The van der Waals surface area contributed by atoms with E-state index in [9.17, 15) is 22.8 Å². The van der Waals surface area contributed by atoms with E-state index in [1.54, 1.807) is 68.9 Å². The van der Waals surface area contributed by atoms with Crippen LogP contribution in [-0.2, 0) is 19.3 Å². The Morgan fingerprint density at radius 1 is 0.583 bits per heavy atom. The van der Waals surface area contributed by atoms with Crippen LogP contribution in [0.4, 0.5) is 13.2 Å². The van der Waals surface area contributed by atoms with Gasteiger partial charge in [0.1, 0.15) is 5.75 Å². The minimum absolute atomic E-state index is 0.102. The number of alkyl halides is 3. The standard InChI is InChI=1S/C24H18F3N3O.C24H21N3O2/c1-15-20(13-18-8-5-11-28-22(18)30-15)23(31)29-14-16-6-4-7-17(12-16)19-9-2-3-10-21(19)24(25,26)27;1-16-22(14-20-4-3-13-25-23(20)27-16)24(28)26-15-17-5-7-18(8-6-17)19-9-11-21(29-2)12-10-19/h2-13H,14H2,1H3,(H,29,31);3-14H,15H2,1-2H3,(H,26,28). The van der Waals surface area contributed by atoms with Crippen LogP contribution in [0.25, 0.3) is 44.3 Å². The highest BCUT2D eigenvalue weighted by atomic mass is 19.4. The quantitative estimate of drug-likeness (QED) is 0.149. The van der Waals surface area contributed by atoms with E-state index in [1.807, 2.05) is 67.6 Å². The Bertz CT molecular complexity index is 2810. The van der Waals surface area contributed by atoms with E-state index in [4.69, 9.17) is 4.74 Å². The largest absolute Gasteiger partial charge is 0.497 e. The van der Waals surface area contributed by atoms with Crippen molar-refractivity contribution in [2.45, 2.75) is 33.1 Å². The summed E-state index contributed by atoms with van der Waals surface area (Å²) >= 11 is 0. The molecule has 2 N–H and O–H groups in total. The maximum atomic E-state index is 13.4. The van der Waals surface area contributed by atoms with Gasteiger partial charge in [0, 0.05) is 36.3 Å². The Morgan fingerprint density at radius 3 is 1.67 bits per heavy atom. The molecule has 8 aromatic rings. The molecular formula is C48H39F3N6O3. The summed E-state index contributed by atoms with van der Waals surface area (Å²) in [5.74, 6) is 0.388. The highest BCUT2D eigenvalue weighted by Crippen LogP contribution is 2.37. The smallest absolute Gasteiger partial charge is 0.417 e. The van der Waals surface area contributed by atoms with Gasteiger partial charge in [-0.2, -0.15) is 13.2 Å². The second-order valence-corrected chi connectivity index (χ2v) is 13.9. The molecule has 9 nitrogen and oxygen atoms in total. The van der Waals surface area contributed by atoms with Gasteiger partial charge in [-0.25, -0.2) is 19.9 Å². The van der Waals surface area contributed by atoms with Crippen LogP contribution in [0.3, 0.4) is 0 Å². The summed E-state index contributed by atoms with van der Waals surface area (Å²) in [6.07, 6.45) is -1.11. The molecule has 0 aliphatic heterocycles. The summed E-state index contributed by atoms with van der Waals surface area (Å²) in [5.41, 5.74) is 7.24. The summed E-state index contributed by atoms with van der Waals surface area (Å²) in [5, 5.41) is 7.41. The topological polar surface area (TPSA) is 119 Å². The summed E-state index contributed by atoms with van der Waals surface area (Å²) in [4.78, 5) is 42.5. The summed E-state index contributed by atoms with van der Waals surface area (Å²) < 4.78 is 45.3. The molecule has 0 aliphatic carbocycles. The van der Waals surface area contributed by atoms with Gasteiger partial charge in [0.05, 0.1) is 35.2 Å². The third-order valence-corrected chi connectivity index (χ3v) is 9.80. The number of rotatable bonds is 9. The predicted molar refractivity (Wildman–Crippen MR) is 226 cm³/mol. The molecule has 0 atom stereocenters. The van der Waals surface area contributed by atoms with Crippen LogP contribution in [0.2, 0.25) is 0 Å². The second kappa shape index (κ2) is 18.0. The fourth-order valence-electron chi connectivity index (χ4n) is 6.63. The van der Waals surface area contributed by atoms with Gasteiger partial charge in [-0.1, -0.05) is 72.8 Å². The lowest BCUT2D eigenvalue weighted by molar-refractivity contribution is -0.137. The average Bonchev–Trinajstić information content (AvgIpc) is 3.27. The molecule has 4 aromatic heterocycles. The number of amides is 2. The van der Waals surface area contributed by atoms with Crippen molar-refractivity contribution in [2.24, 2.45) is 0 Å². The predicted octanol–water partition coefficient (Wildman–Crippen LogP) is 10.1. The zero-order chi connectivity index (χ0) is 42.2. The summed E-state index contributed by atoms with van der Waals surface area (Å²) in [7, 11) is 1.66. The van der Waals surface area contributed by atoms with E-state index in [1.165, 1.54) is 12.1 Å². The monoisotopic (exact) mass is 804 g/mol. The molecule has 0 fully saturated rings. The van der Waals surface area contributed by atoms with E-state index < -0.39 is 11.7 Å². The molecule has 12 heteroatoms. The lowest BCUT2D eigenvalue weighted by Gasteiger charge is -2.14. The van der Waals surface area contributed by atoms with Crippen LogP contribution >= 0.6 is 0 Å². The first-order valence-electron chi connectivity index (χ1n) is 19.0. The van der Waals surface area contributed by atoms with Crippen LogP contribution in [0.5, 0.6) is 5.75 Å². The number of pyridine rings is 4. The van der Waals surface area contributed by atoms with E-state index in [-0.39, 0.29) is 23.9 Å². The molecule has 4 aromatic carbocycles. The van der Waals surface area contributed by atoms with Gasteiger partial charge in [0.15, 0.2) is 11.3 Å². The maximum Gasteiger partial charge on any atom is 0.417 e. The molecule has 0 aliphatic rings. The number of aromatic nitrogens is 4. The molecule has 8 rings (SSSR count). The third-order valence-electron chi connectivity index (χ3n) is 9.80. The van der Waals surface area contributed by atoms with E-state index >= 15 is 0 Å². The van der Waals surface area contributed by atoms with Gasteiger partial charge < -0.3 is 15.4 Å². The number of hydrogen-bond donors (Lipinski definition) is 2. The zero-order valence-electron chi connectivity index (χ0n) is 32.9. The molecule has 0 unspecified atom stereocenters. The summed E-state index contributed by atoms with van der Waals surface area (Å²) in [6, 6.07) is 39.2. The van der Waals surface area contributed by atoms with Crippen LogP contribution in [0.1, 0.15) is 48.8 Å². The van der Waals surface area contributed by atoms with Crippen molar-refractivity contribution in [1.82, 2.24) is 30.6 Å². The first-order chi connectivity index (χ1) is 29.0. The van der Waals surface area contributed by atoms with E-state index in [2.05, 4.69) is 42.7 Å². The van der Waals surface area contributed by atoms with E-state index in [0.29, 0.717) is 51.5 Å². The van der Waals surface area contributed by atoms with Gasteiger partial charge >= 0.3 is 6.18 Å². The molecule has 60 heavy (non-hydrogen) atoms. The molecule has 4 heterocycles. The lowest BCUT2D eigenvalue weighted by Crippen LogP contribution is -2.24. The van der Waals surface area contributed by atoms with Crippen molar-refractivity contribution in [3.8, 4) is 28.0 Å². The molecule has 0 spiro atoms. The highest BCUT2D eigenvalue weighted by Gasteiger charge is 2.33. The average molecular weight is 805 g/mol. The SMILES string of the molecule is COc1ccc(-c2ccc(CNC(=O)c3cc4cccnc4nc3C)cc2)cc1.Cc1nc2ncccc2cc1C(=O)NCc1cccc(-c2ccccc2C(F)(F)F)c1. The van der Waals surface area contributed by atoms with Crippen molar-refractivity contribution >= 4 is 33.9 Å². The number of nitrogens with zero attached hydrogens (tertiary/aromatic N) is 4. The number of methoxy groups -OCH3 is 1. The van der Waals surface area contributed by atoms with Gasteiger partial charge in [0.2, 0.25) is 0 Å². The number of aryl methyl sites for hydroxylation is 2. The second-order valence-electron chi connectivity index (χ2n) is 13.9. The molecular weight excluding hydrogens is 766 g/mol. The first kappa shape index (κ1) is 40.7. The number of halogens is 3. The molecule has 2 amide bonds. The minimum Gasteiger partial charge on any atom is -0.497 e. The van der Waals surface area contributed by atoms with Crippen LogP contribution in [-0.4, -0.2) is 38.9 Å². The Labute approximate surface area is 344 Å². The zero-order valence-corrected chi connectivity index (χ0v) is 32.9. The number of hydrogen-bond acceptors (Lipinski definition) is 7. The third kappa shape index (κ3) is 9.62. The Hall–Kier alpha value is -7.47. The van der Waals surface area contributed by atoms with Crippen molar-refractivity contribution in [3.63, 3.8) is 0 Å². The normalized spacial score (nSPS) is 11.1. The number of benzene rings is 4. The van der Waals surface area contributed by atoms with E-state index in [0.717, 1.165) is 39.3 Å². The van der Waals surface area contributed by atoms with Gasteiger partial charge in [-0.3, -0.25) is 9.59 Å². The van der Waals surface area contributed by atoms with Crippen molar-refractivity contribution in [3.05, 3.63) is 185 Å². The van der Waals surface area contributed by atoms with Gasteiger partial charge in [0.25, 0.3) is 11.8 Å². The number of nitrogens with one attached hydrogen (secondary N) is 2.